The topological polar surface area (TPSA) is 32.3 Å². The van der Waals surface area contributed by atoms with Gasteiger partial charge in [0.05, 0.1) is 0 Å². The van der Waals surface area contributed by atoms with Gasteiger partial charge in [-0.3, -0.25) is 4.79 Å². The van der Waals surface area contributed by atoms with E-state index in [1.165, 1.54) is 32.4 Å². The number of piperidine rings is 1. The number of likely N-dealkylation sites (tertiary alicyclic amines) is 1. The van der Waals surface area contributed by atoms with E-state index in [1.54, 1.807) is 0 Å². The quantitative estimate of drug-likeness (QED) is 0.643. The molecule has 0 bridgehead atoms. The van der Waals surface area contributed by atoms with Crippen LogP contribution in [-0.4, -0.2) is 30.4 Å². The molecule has 1 saturated heterocycles. The molecule has 2 aromatic carbocycles. The number of anilines is 1. The second-order valence-corrected chi connectivity index (χ2v) is 7.38. The van der Waals surface area contributed by atoms with Gasteiger partial charge < -0.3 is 10.2 Å². The number of rotatable bonds is 7. The van der Waals surface area contributed by atoms with Gasteiger partial charge in [-0.15, -0.1) is 0 Å². The van der Waals surface area contributed by atoms with Crippen LogP contribution in [0.15, 0.2) is 48.5 Å². The molecule has 0 spiro atoms. The fourth-order valence-corrected chi connectivity index (χ4v) is 3.73. The monoisotopic (exact) mass is 370 g/mol. The SMILES string of the molecule is O=C(CCCCN1CCCCC1)Nc1cccc(-c2ccccc2Cl)c1. The maximum Gasteiger partial charge on any atom is 0.224 e. The van der Waals surface area contributed by atoms with Crippen LogP contribution in [0.5, 0.6) is 0 Å². The Kier molecular flexibility index (Phi) is 7.10. The Morgan fingerprint density at radius 2 is 1.81 bits per heavy atom. The minimum absolute atomic E-state index is 0.0833. The van der Waals surface area contributed by atoms with Crippen molar-refractivity contribution in [2.45, 2.75) is 38.5 Å². The van der Waals surface area contributed by atoms with Crippen LogP contribution in [0.2, 0.25) is 5.02 Å². The predicted octanol–water partition coefficient (Wildman–Crippen LogP) is 5.60. The molecule has 1 heterocycles. The van der Waals surface area contributed by atoms with Crippen molar-refractivity contribution in [1.29, 1.82) is 0 Å². The van der Waals surface area contributed by atoms with Gasteiger partial charge in [0.25, 0.3) is 0 Å². The molecule has 138 valence electrons. The summed E-state index contributed by atoms with van der Waals surface area (Å²) in [5.74, 6) is 0.0833. The molecule has 0 atom stereocenters. The summed E-state index contributed by atoms with van der Waals surface area (Å²) in [6, 6.07) is 15.6. The molecular formula is C22H27ClN2O. The molecule has 1 aliphatic rings. The van der Waals surface area contributed by atoms with Crippen LogP contribution >= 0.6 is 11.6 Å². The first-order chi connectivity index (χ1) is 12.7. The molecule has 1 fully saturated rings. The molecule has 0 radical (unpaired) electrons. The molecule has 0 unspecified atom stereocenters. The highest BCUT2D eigenvalue weighted by Crippen LogP contribution is 2.29. The fraction of sp³-hybridized carbons (Fsp3) is 0.409. The maximum absolute atomic E-state index is 12.2. The van der Waals surface area contributed by atoms with Crippen molar-refractivity contribution in [2.24, 2.45) is 0 Å². The van der Waals surface area contributed by atoms with Crippen LogP contribution in [0.4, 0.5) is 5.69 Å². The van der Waals surface area contributed by atoms with Crippen LogP contribution < -0.4 is 5.32 Å². The lowest BCUT2D eigenvalue weighted by molar-refractivity contribution is -0.116. The first-order valence-electron chi connectivity index (χ1n) is 9.59. The summed E-state index contributed by atoms with van der Waals surface area (Å²) in [7, 11) is 0. The Balaban J connectivity index is 1.47. The van der Waals surface area contributed by atoms with E-state index in [-0.39, 0.29) is 5.91 Å². The molecule has 26 heavy (non-hydrogen) atoms. The average Bonchev–Trinajstić information content (AvgIpc) is 2.67. The molecule has 3 rings (SSSR count). The van der Waals surface area contributed by atoms with Crippen molar-refractivity contribution in [1.82, 2.24) is 4.90 Å². The van der Waals surface area contributed by atoms with Gasteiger partial charge in [0.1, 0.15) is 0 Å². The Morgan fingerprint density at radius 3 is 2.62 bits per heavy atom. The number of amides is 1. The molecule has 4 heteroatoms. The normalized spacial score (nSPS) is 15.0. The molecule has 0 saturated carbocycles. The van der Waals surface area contributed by atoms with Crippen molar-refractivity contribution >= 4 is 23.2 Å². The van der Waals surface area contributed by atoms with Crippen LogP contribution in [0.1, 0.15) is 38.5 Å². The molecule has 2 aromatic rings. The van der Waals surface area contributed by atoms with Gasteiger partial charge in [0.2, 0.25) is 5.91 Å². The minimum atomic E-state index is 0.0833. The van der Waals surface area contributed by atoms with E-state index in [2.05, 4.69) is 10.2 Å². The van der Waals surface area contributed by atoms with E-state index in [1.807, 2.05) is 48.5 Å². The zero-order valence-corrected chi connectivity index (χ0v) is 16.0. The summed E-state index contributed by atoms with van der Waals surface area (Å²) in [6.45, 7) is 3.57. The number of hydrogen-bond donors (Lipinski definition) is 1. The second kappa shape index (κ2) is 9.75. The largest absolute Gasteiger partial charge is 0.326 e. The zero-order chi connectivity index (χ0) is 18.2. The first-order valence-corrected chi connectivity index (χ1v) is 9.97. The lowest BCUT2D eigenvalue weighted by Gasteiger charge is -2.26. The maximum atomic E-state index is 12.2. The summed E-state index contributed by atoms with van der Waals surface area (Å²) in [5.41, 5.74) is 2.81. The number of hydrogen-bond acceptors (Lipinski definition) is 2. The molecule has 1 aliphatic heterocycles. The highest BCUT2D eigenvalue weighted by atomic mass is 35.5. The van der Waals surface area contributed by atoms with Gasteiger partial charge in [-0.1, -0.05) is 48.4 Å². The van der Waals surface area contributed by atoms with Crippen LogP contribution in [0.3, 0.4) is 0 Å². The summed E-state index contributed by atoms with van der Waals surface area (Å²) in [5, 5.41) is 3.73. The van der Waals surface area contributed by atoms with E-state index in [9.17, 15) is 4.79 Å². The van der Waals surface area contributed by atoms with Crippen LogP contribution in [0.25, 0.3) is 11.1 Å². The third-order valence-electron chi connectivity index (χ3n) is 4.91. The predicted molar refractivity (Wildman–Crippen MR) is 110 cm³/mol. The summed E-state index contributed by atoms with van der Waals surface area (Å²) in [4.78, 5) is 14.7. The summed E-state index contributed by atoms with van der Waals surface area (Å²) < 4.78 is 0. The molecule has 1 N–H and O–H groups in total. The van der Waals surface area contributed by atoms with Gasteiger partial charge >= 0.3 is 0 Å². The molecule has 3 nitrogen and oxygen atoms in total. The molecule has 0 aliphatic carbocycles. The van der Waals surface area contributed by atoms with Crippen molar-refractivity contribution in [3.63, 3.8) is 0 Å². The van der Waals surface area contributed by atoms with Crippen molar-refractivity contribution < 1.29 is 4.79 Å². The molecular weight excluding hydrogens is 344 g/mol. The van der Waals surface area contributed by atoms with Crippen molar-refractivity contribution in [2.75, 3.05) is 25.0 Å². The Hall–Kier alpha value is -1.84. The van der Waals surface area contributed by atoms with E-state index in [4.69, 9.17) is 11.6 Å². The highest BCUT2D eigenvalue weighted by molar-refractivity contribution is 6.33. The number of halogens is 1. The van der Waals surface area contributed by atoms with Gasteiger partial charge in [-0.05, 0) is 69.1 Å². The standard InChI is InChI=1S/C22H27ClN2O/c23-21-12-3-2-11-20(21)18-9-8-10-19(17-18)24-22(26)13-4-7-16-25-14-5-1-6-15-25/h2-3,8-12,17H,1,4-7,13-16H2,(H,24,26). The number of carbonyl (C=O) groups is 1. The van der Waals surface area contributed by atoms with Gasteiger partial charge in [0.15, 0.2) is 0 Å². The number of benzene rings is 2. The average molecular weight is 371 g/mol. The van der Waals surface area contributed by atoms with Gasteiger partial charge in [-0.25, -0.2) is 0 Å². The highest BCUT2D eigenvalue weighted by Gasteiger charge is 2.10. The number of carbonyl (C=O) groups excluding carboxylic acids is 1. The number of nitrogens with zero attached hydrogens (tertiary/aromatic N) is 1. The third kappa shape index (κ3) is 5.58. The fourth-order valence-electron chi connectivity index (χ4n) is 3.49. The minimum Gasteiger partial charge on any atom is -0.326 e. The lowest BCUT2D eigenvalue weighted by Crippen LogP contribution is -2.30. The summed E-state index contributed by atoms with van der Waals surface area (Å²) in [6.07, 6.45) is 6.61. The van der Waals surface area contributed by atoms with Crippen LogP contribution in [0, 0.1) is 0 Å². The third-order valence-corrected chi connectivity index (χ3v) is 5.24. The number of nitrogens with one attached hydrogen (secondary N) is 1. The van der Waals surface area contributed by atoms with Crippen LogP contribution in [-0.2, 0) is 4.79 Å². The van der Waals surface area contributed by atoms with E-state index < -0.39 is 0 Å². The van der Waals surface area contributed by atoms with Gasteiger partial charge in [0, 0.05) is 22.7 Å². The van der Waals surface area contributed by atoms with Crippen molar-refractivity contribution in [3.8, 4) is 11.1 Å². The van der Waals surface area contributed by atoms with E-state index in [0.717, 1.165) is 36.2 Å². The van der Waals surface area contributed by atoms with Gasteiger partial charge in [-0.2, -0.15) is 0 Å². The van der Waals surface area contributed by atoms with E-state index >= 15 is 0 Å². The first kappa shape index (κ1) is 18.9. The zero-order valence-electron chi connectivity index (χ0n) is 15.2. The lowest BCUT2D eigenvalue weighted by atomic mass is 10.1. The smallest absolute Gasteiger partial charge is 0.224 e. The Labute approximate surface area is 161 Å². The Bertz CT molecular complexity index is 726. The van der Waals surface area contributed by atoms with E-state index in [0.29, 0.717) is 11.4 Å². The number of unbranched alkanes of at least 4 members (excludes halogenated alkanes) is 1. The summed E-state index contributed by atoms with van der Waals surface area (Å²) >= 11 is 6.27. The molecule has 0 aromatic heterocycles. The molecule has 1 amide bonds. The Morgan fingerprint density at radius 1 is 1.00 bits per heavy atom. The van der Waals surface area contributed by atoms with Crippen molar-refractivity contribution in [3.05, 3.63) is 53.6 Å². The second-order valence-electron chi connectivity index (χ2n) is 6.97.